The Bertz CT molecular complexity index is 1160. The monoisotopic (exact) mass is 529 g/mol. The summed E-state index contributed by atoms with van der Waals surface area (Å²) in [5.41, 5.74) is 5.53. The number of likely N-dealkylation sites (tertiary alicyclic amines) is 1. The number of carbonyl (C=O) groups is 1. The zero-order valence-corrected chi connectivity index (χ0v) is 19.2. The summed E-state index contributed by atoms with van der Waals surface area (Å²) in [6, 6.07) is 11.4. The van der Waals surface area contributed by atoms with E-state index in [9.17, 15) is 31.1 Å². The standard InChI is InChI=1S/C25H21F6NO5/c26-24(27,28)22(25(29,30)31)37-23(33)32-7-5-14(6-8-32)21(15-1-2-17-11-34-12-18(17)9-15)16-3-4-19-20(10-16)36-13-35-19/h1-4,9-10,22H,5-8,11-13H2. The number of hydrogen-bond acceptors (Lipinski definition) is 5. The van der Waals surface area contributed by atoms with Gasteiger partial charge in [-0.15, -0.1) is 0 Å². The smallest absolute Gasteiger partial charge is 0.434 e. The molecule has 198 valence electrons. The van der Waals surface area contributed by atoms with E-state index in [4.69, 9.17) is 14.2 Å². The van der Waals surface area contributed by atoms with Crippen molar-refractivity contribution in [3.63, 3.8) is 0 Å². The van der Waals surface area contributed by atoms with E-state index in [1.807, 2.05) is 30.3 Å². The van der Waals surface area contributed by atoms with Crippen LogP contribution in [0.2, 0.25) is 0 Å². The summed E-state index contributed by atoms with van der Waals surface area (Å²) in [5, 5.41) is 0. The first kappa shape index (κ1) is 25.2. The van der Waals surface area contributed by atoms with Crippen LogP contribution in [0.25, 0.3) is 5.57 Å². The van der Waals surface area contributed by atoms with Crippen LogP contribution in [0.4, 0.5) is 31.1 Å². The molecule has 0 aromatic heterocycles. The molecule has 0 saturated carbocycles. The van der Waals surface area contributed by atoms with E-state index in [2.05, 4.69) is 4.74 Å². The number of hydrogen-bond donors (Lipinski definition) is 0. The van der Waals surface area contributed by atoms with Gasteiger partial charge in [0.1, 0.15) is 0 Å². The van der Waals surface area contributed by atoms with Crippen LogP contribution in [-0.2, 0) is 22.7 Å². The highest BCUT2D eigenvalue weighted by molar-refractivity contribution is 5.84. The number of nitrogens with zero attached hydrogens (tertiary/aromatic N) is 1. The predicted molar refractivity (Wildman–Crippen MR) is 117 cm³/mol. The van der Waals surface area contributed by atoms with Crippen molar-refractivity contribution in [2.45, 2.75) is 44.5 Å². The van der Waals surface area contributed by atoms with Gasteiger partial charge in [0.05, 0.1) is 13.2 Å². The number of amides is 1. The van der Waals surface area contributed by atoms with Gasteiger partial charge < -0.3 is 23.8 Å². The third-order valence-electron chi connectivity index (χ3n) is 6.46. The lowest BCUT2D eigenvalue weighted by molar-refractivity contribution is -0.308. The van der Waals surface area contributed by atoms with Crippen molar-refractivity contribution in [2.75, 3.05) is 19.9 Å². The number of benzene rings is 2. The Balaban J connectivity index is 1.41. The zero-order valence-electron chi connectivity index (χ0n) is 19.2. The van der Waals surface area contributed by atoms with E-state index in [1.54, 1.807) is 6.07 Å². The molecule has 12 heteroatoms. The normalized spacial score (nSPS) is 17.3. The zero-order chi connectivity index (χ0) is 26.4. The minimum atomic E-state index is -5.77. The van der Waals surface area contributed by atoms with Crippen LogP contribution in [0.5, 0.6) is 11.5 Å². The summed E-state index contributed by atoms with van der Waals surface area (Å²) in [7, 11) is 0. The third kappa shape index (κ3) is 5.20. The molecule has 2 aromatic carbocycles. The van der Waals surface area contributed by atoms with Crippen LogP contribution in [0.3, 0.4) is 0 Å². The second-order valence-electron chi connectivity index (χ2n) is 8.86. The fourth-order valence-electron chi connectivity index (χ4n) is 4.66. The Morgan fingerprint density at radius 2 is 1.46 bits per heavy atom. The number of rotatable bonds is 3. The molecule has 0 spiro atoms. The van der Waals surface area contributed by atoms with E-state index >= 15 is 0 Å². The SMILES string of the molecule is O=C(OC(C(F)(F)F)C(F)(F)F)N1CCC(=C(c2ccc3c(c2)COC3)c2ccc3c(c2)OCO3)CC1. The maximum absolute atomic E-state index is 12.8. The molecule has 0 N–H and O–H groups in total. The molecule has 0 aliphatic carbocycles. The number of alkyl halides is 6. The van der Waals surface area contributed by atoms with Crippen LogP contribution in [0.1, 0.15) is 35.1 Å². The van der Waals surface area contributed by atoms with E-state index in [1.165, 1.54) is 0 Å². The molecule has 3 aliphatic heterocycles. The molecule has 0 radical (unpaired) electrons. The van der Waals surface area contributed by atoms with Crippen molar-refractivity contribution in [2.24, 2.45) is 0 Å². The fraction of sp³-hybridized carbons (Fsp3) is 0.400. The Morgan fingerprint density at radius 1 is 0.838 bits per heavy atom. The van der Waals surface area contributed by atoms with Gasteiger partial charge in [0.25, 0.3) is 6.10 Å². The van der Waals surface area contributed by atoms with Crippen molar-refractivity contribution in [1.29, 1.82) is 0 Å². The first-order chi connectivity index (χ1) is 17.5. The molecule has 37 heavy (non-hydrogen) atoms. The molecule has 2 aromatic rings. The van der Waals surface area contributed by atoms with E-state index in [0.29, 0.717) is 24.7 Å². The molecular formula is C25H21F6NO5. The molecule has 0 bridgehead atoms. The maximum atomic E-state index is 12.8. The summed E-state index contributed by atoms with van der Waals surface area (Å²) in [6.45, 7) is 0.873. The number of ether oxygens (including phenoxy) is 4. The predicted octanol–water partition coefficient (Wildman–Crippen LogP) is 5.97. The van der Waals surface area contributed by atoms with Crippen LogP contribution in [-0.4, -0.2) is 49.3 Å². The van der Waals surface area contributed by atoms with Crippen molar-refractivity contribution >= 4 is 11.7 Å². The van der Waals surface area contributed by atoms with Gasteiger partial charge in [0.2, 0.25) is 6.79 Å². The lowest BCUT2D eigenvalue weighted by Crippen LogP contribution is -2.49. The molecule has 0 unspecified atom stereocenters. The molecule has 5 rings (SSSR count). The minimum Gasteiger partial charge on any atom is -0.454 e. The quantitative estimate of drug-likeness (QED) is 0.459. The molecule has 1 amide bonds. The third-order valence-corrected chi connectivity index (χ3v) is 6.46. The Kier molecular flexibility index (Phi) is 6.47. The van der Waals surface area contributed by atoms with E-state index in [-0.39, 0.29) is 32.7 Å². The highest BCUT2D eigenvalue weighted by Crippen LogP contribution is 2.40. The number of piperidine rings is 1. The maximum Gasteiger partial charge on any atom is 0.434 e. The topological polar surface area (TPSA) is 57.2 Å². The summed E-state index contributed by atoms with van der Waals surface area (Å²) in [5.74, 6) is 1.16. The van der Waals surface area contributed by atoms with Gasteiger partial charge in [-0.2, -0.15) is 26.3 Å². The van der Waals surface area contributed by atoms with Gasteiger partial charge in [-0.25, -0.2) is 4.79 Å². The fourth-order valence-corrected chi connectivity index (χ4v) is 4.66. The molecule has 1 fully saturated rings. The number of fused-ring (bicyclic) bond motifs is 2. The van der Waals surface area contributed by atoms with Gasteiger partial charge in [0, 0.05) is 13.1 Å². The average molecular weight is 529 g/mol. The van der Waals surface area contributed by atoms with Crippen LogP contribution in [0, 0.1) is 0 Å². The summed E-state index contributed by atoms with van der Waals surface area (Å²) in [4.78, 5) is 13.1. The average Bonchev–Trinajstić information content (AvgIpc) is 3.50. The summed E-state index contributed by atoms with van der Waals surface area (Å²) in [6.07, 6.45) is -16.9. The van der Waals surface area contributed by atoms with Crippen molar-refractivity contribution in [1.82, 2.24) is 4.90 Å². The minimum absolute atomic E-state index is 0.0921. The molecule has 3 aliphatic rings. The highest BCUT2D eigenvalue weighted by Gasteiger charge is 2.60. The van der Waals surface area contributed by atoms with Crippen molar-refractivity contribution < 1.29 is 50.1 Å². The first-order valence-corrected chi connectivity index (χ1v) is 11.4. The first-order valence-electron chi connectivity index (χ1n) is 11.4. The lowest BCUT2D eigenvalue weighted by Gasteiger charge is -2.32. The van der Waals surface area contributed by atoms with Gasteiger partial charge in [0.15, 0.2) is 11.5 Å². The molecule has 6 nitrogen and oxygen atoms in total. The molecule has 0 atom stereocenters. The van der Waals surface area contributed by atoms with Gasteiger partial charge >= 0.3 is 18.4 Å². The number of halogens is 6. The summed E-state index contributed by atoms with van der Waals surface area (Å²) < 4.78 is 97.2. The second kappa shape index (κ2) is 9.47. The Morgan fingerprint density at radius 3 is 2.16 bits per heavy atom. The Labute approximate surface area is 207 Å². The molecule has 1 saturated heterocycles. The summed E-state index contributed by atoms with van der Waals surface area (Å²) >= 11 is 0. The van der Waals surface area contributed by atoms with Crippen LogP contribution >= 0.6 is 0 Å². The van der Waals surface area contributed by atoms with E-state index in [0.717, 1.165) is 38.3 Å². The lowest BCUT2D eigenvalue weighted by atomic mass is 9.87. The van der Waals surface area contributed by atoms with Gasteiger partial charge in [-0.05, 0) is 58.9 Å². The highest BCUT2D eigenvalue weighted by atomic mass is 19.4. The van der Waals surface area contributed by atoms with Crippen molar-refractivity contribution in [3.05, 3.63) is 64.2 Å². The Hall–Kier alpha value is -3.41. The van der Waals surface area contributed by atoms with Crippen LogP contribution < -0.4 is 9.47 Å². The van der Waals surface area contributed by atoms with Gasteiger partial charge in [-0.3, -0.25) is 0 Å². The number of carbonyl (C=O) groups excluding carboxylic acids is 1. The van der Waals surface area contributed by atoms with Crippen molar-refractivity contribution in [3.8, 4) is 11.5 Å². The van der Waals surface area contributed by atoms with E-state index < -0.39 is 24.5 Å². The largest absolute Gasteiger partial charge is 0.454 e. The molecular weight excluding hydrogens is 508 g/mol. The second-order valence-corrected chi connectivity index (χ2v) is 8.86. The van der Waals surface area contributed by atoms with Crippen LogP contribution in [0.15, 0.2) is 42.0 Å². The molecule has 3 heterocycles. The van der Waals surface area contributed by atoms with Gasteiger partial charge in [-0.1, -0.05) is 23.8 Å².